The number of aromatic nitrogens is 2. The number of rotatable bonds is 3. The topological polar surface area (TPSA) is 90.2 Å². The highest BCUT2D eigenvalue weighted by Crippen LogP contribution is 2.29. The Labute approximate surface area is 108 Å². The van der Waals surface area contributed by atoms with Crippen LogP contribution in [0.3, 0.4) is 0 Å². The summed E-state index contributed by atoms with van der Waals surface area (Å²) in [4.78, 5) is 12.7. The summed E-state index contributed by atoms with van der Waals surface area (Å²) < 4.78 is 0. The van der Waals surface area contributed by atoms with Crippen molar-refractivity contribution in [1.29, 1.82) is 0 Å². The Morgan fingerprint density at radius 1 is 1.39 bits per heavy atom. The third-order valence-electron chi connectivity index (χ3n) is 3.50. The summed E-state index contributed by atoms with van der Waals surface area (Å²) in [7, 11) is 0. The van der Waals surface area contributed by atoms with Crippen molar-refractivity contribution >= 4 is 11.9 Å². The molecule has 5 heteroatoms. The van der Waals surface area contributed by atoms with Crippen LogP contribution in [-0.2, 0) is 12.8 Å². The van der Waals surface area contributed by atoms with E-state index in [0.29, 0.717) is 5.95 Å². The van der Waals surface area contributed by atoms with Crippen molar-refractivity contribution in [3.63, 3.8) is 0 Å². The zero-order valence-corrected chi connectivity index (χ0v) is 11.1. The molecule has 0 fully saturated rings. The summed E-state index contributed by atoms with van der Waals surface area (Å²) in [5, 5.41) is 0. The lowest BCUT2D eigenvalue weighted by Gasteiger charge is -2.24. The average molecular weight is 247 g/mol. The fourth-order valence-corrected chi connectivity index (χ4v) is 2.66. The molecule has 0 aromatic carbocycles. The van der Waals surface area contributed by atoms with Gasteiger partial charge in [0.15, 0.2) is 5.96 Å². The van der Waals surface area contributed by atoms with Gasteiger partial charge in [-0.25, -0.2) is 9.97 Å². The maximum Gasteiger partial charge on any atom is 0.253 e. The van der Waals surface area contributed by atoms with E-state index in [1.54, 1.807) is 0 Å². The second-order valence-electron chi connectivity index (χ2n) is 4.97. The lowest BCUT2D eigenvalue weighted by Crippen LogP contribution is -2.23. The predicted molar refractivity (Wildman–Crippen MR) is 72.7 cm³/mol. The standard InChI is InChI=1S/C13H21N5/c1-3-4-9-5-6-11-10(7-9)8(2)16-13(17-11)18-12(14)15/h9H,3-7H2,1-2H3,(H4,14,15,16,17,18). The predicted octanol–water partition coefficient (Wildman–Crippen LogP) is 1.59. The minimum atomic E-state index is 0.00835. The van der Waals surface area contributed by atoms with Crippen molar-refractivity contribution < 1.29 is 0 Å². The number of aliphatic imine (C=N–C) groups is 1. The molecule has 4 N–H and O–H groups in total. The van der Waals surface area contributed by atoms with Gasteiger partial charge in [0.2, 0.25) is 0 Å². The molecule has 0 bridgehead atoms. The number of fused-ring (bicyclic) bond motifs is 1. The molecular formula is C13H21N5. The monoisotopic (exact) mass is 247 g/mol. The van der Waals surface area contributed by atoms with E-state index >= 15 is 0 Å². The van der Waals surface area contributed by atoms with Gasteiger partial charge in [0.25, 0.3) is 5.95 Å². The van der Waals surface area contributed by atoms with Crippen LogP contribution >= 0.6 is 0 Å². The molecule has 0 spiro atoms. The minimum Gasteiger partial charge on any atom is -0.370 e. The molecule has 98 valence electrons. The molecule has 0 saturated heterocycles. The normalized spacial score (nSPS) is 18.2. The van der Waals surface area contributed by atoms with E-state index in [1.807, 2.05) is 6.92 Å². The van der Waals surface area contributed by atoms with Crippen molar-refractivity contribution in [2.75, 3.05) is 0 Å². The van der Waals surface area contributed by atoms with Crippen molar-refractivity contribution in [1.82, 2.24) is 9.97 Å². The highest BCUT2D eigenvalue weighted by atomic mass is 15.1. The summed E-state index contributed by atoms with van der Waals surface area (Å²) in [6.07, 6.45) is 5.84. The number of guanidine groups is 1. The van der Waals surface area contributed by atoms with Crippen molar-refractivity contribution in [2.24, 2.45) is 22.4 Å². The lowest BCUT2D eigenvalue weighted by atomic mass is 9.83. The largest absolute Gasteiger partial charge is 0.370 e. The third kappa shape index (κ3) is 2.78. The highest BCUT2D eigenvalue weighted by molar-refractivity contribution is 5.77. The molecule has 0 amide bonds. The molecule has 2 rings (SSSR count). The molecular weight excluding hydrogens is 226 g/mol. The van der Waals surface area contributed by atoms with Crippen LogP contribution in [0.25, 0.3) is 0 Å². The quantitative estimate of drug-likeness (QED) is 0.627. The molecule has 1 aromatic rings. The van der Waals surface area contributed by atoms with Crippen molar-refractivity contribution in [3.8, 4) is 0 Å². The van der Waals surface area contributed by atoms with E-state index in [4.69, 9.17) is 11.5 Å². The van der Waals surface area contributed by atoms with Gasteiger partial charge in [-0.05, 0) is 37.7 Å². The van der Waals surface area contributed by atoms with Crippen LogP contribution in [0.15, 0.2) is 4.99 Å². The maximum atomic E-state index is 5.36. The molecule has 1 unspecified atom stereocenters. The maximum absolute atomic E-state index is 5.36. The molecule has 1 atom stereocenters. The lowest BCUT2D eigenvalue weighted by molar-refractivity contribution is 0.416. The van der Waals surface area contributed by atoms with E-state index < -0.39 is 0 Å². The van der Waals surface area contributed by atoms with Gasteiger partial charge in [-0.2, -0.15) is 4.99 Å². The summed E-state index contributed by atoms with van der Waals surface area (Å²) in [5.74, 6) is 1.17. The van der Waals surface area contributed by atoms with Gasteiger partial charge in [0, 0.05) is 11.4 Å². The summed E-state index contributed by atoms with van der Waals surface area (Å²) in [6, 6.07) is 0. The van der Waals surface area contributed by atoms with Crippen LogP contribution in [0.1, 0.15) is 43.1 Å². The summed E-state index contributed by atoms with van der Waals surface area (Å²) >= 11 is 0. The molecule has 1 aliphatic rings. The number of nitrogens with zero attached hydrogens (tertiary/aromatic N) is 3. The van der Waals surface area contributed by atoms with Gasteiger partial charge in [-0.15, -0.1) is 0 Å². The Bertz CT molecular complexity index is 463. The first kappa shape index (κ1) is 12.8. The minimum absolute atomic E-state index is 0.00835. The van der Waals surface area contributed by atoms with Gasteiger partial charge < -0.3 is 11.5 Å². The Hall–Kier alpha value is -1.65. The van der Waals surface area contributed by atoms with E-state index in [9.17, 15) is 0 Å². The second-order valence-corrected chi connectivity index (χ2v) is 4.97. The zero-order valence-electron chi connectivity index (χ0n) is 11.1. The molecule has 0 aliphatic heterocycles. The van der Waals surface area contributed by atoms with Gasteiger partial charge in [0.05, 0.1) is 0 Å². The van der Waals surface area contributed by atoms with Crippen LogP contribution in [0.2, 0.25) is 0 Å². The number of hydrogen-bond acceptors (Lipinski definition) is 3. The Balaban J connectivity index is 2.28. The fraction of sp³-hybridized carbons (Fsp3) is 0.615. The van der Waals surface area contributed by atoms with Crippen LogP contribution in [-0.4, -0.2) is 15.9 Å². The van der Waals surface area contributed by atoms with Gasteiger partial charge in [-0.3, -0.25) is 0 Å². The van der Waals surface area contributed by atoms with Gasteiger partial charge >= 0.3 is 0 Å². The molecule has 0 radical (unpaired) electrons. The van der Waals surface area contributed by atoms with Crippen LogP contribution < -0.4 is 11.5 Å². The van der Waals surface area contributed by atoms with Crippen LogP contribution in [0.4, 0.5) is 5.95 Å². The van der Waals surface area contributed by atoms with Crippen molar-refractivity contribution in [2.45, 2.75) is 46.0 Å². The Kier molecular flexibility index (Phi) is 3.79. The van der Waals surface area contributed by atoms with Crippen LogP contribution in [0, 0.1) is 12.8 Å². The first-order chi connectivity index (χ1) is 8.60. The number of hydrogen-bond donors (Lipinski definition) is 2. The van der Waals surface area contributed by atoms with E-state index in [2.05, 4.69) is 21.9 Å². The molecule has 5 nitrogen and oxygen atoms in total. The fourth-order valence-electron chi connectivity index (χ4n) is 2.66. The number of aryl methyl sites for hydroxylation is 2. The Morgan fingerprint density at radius 3 is 2.83 bits per heavy atom. The third-order valence-corrected chi connectivity index (χ3v) is 3.50. The smallest absolute Gasteiger partial charge is 0.253 e. The molecule has 18 heavy (non-hydrogen) atoms. The molecule has 0 saturated carbocycles. The highest BCUT2D eigenvalue weighted by Gasteiger charge is 2.22. The van der Waals surface area contributed by atoms with Gasteiger partial charge in [0.1, 0.15) is 0 Å². The van der Waals surface area contributed by atoms with Gasteiger partial charge in [-0.1, -0.05) is 19.8 Å². The van der Waals surface area contributed by atoms with Crippen LogP contribution in [0.5, 0.6) is 0 Å². The average Bonchev–Trinajstić information content (AvgIpc) is 2.29. The second kappa shape index (κ2) is 5.33. The van der Waals surface area contributed by atoms with E-state index in [0.717, 1.165) is 30.1 Å². The molecule has 1 aliphatic carbocycles. The Morgan fingerprint density at radius 2 is 2.17 bits per heavy atom. The molecule has 1 heterocycles. The first-order valence-corrected chi connectivity index (χ1v) is 6.56. The molecule has 1 aromatic heterocycles. The summed E-state index contributed by atoms with van der Waals surface area (Å²) in [6.45, 7) is 4.25. The van der Waals surface area contributed by atoms with E-state index in [1.165, 1.54) is 24.8 Å². The zero-order chi connectivity index (χ0) is 13.1. The number of nitrogens with two attached hydrogens (primary N) is 2. The van der Waals surface area contributed by atoms with E-state index in [-0.39, 0.29) is 5.96 Å². The van der Waals surface area contributed by atoms with Crippen molar-refractivity contribution in [3.05, 3.63) is 17.0 Å². The summed E-state index contributed by atoms with van der Waals surface area (Å²) in [5.41, 5.74) is 14.2. The first-order valence-electron chi connectivity index (χ1n) is 6.56. The SMILES string of the molecule is CCCC1CCc2nc(N=C(N)N)nc(C)c2C1.